The molecule has 8 aliphatic heterocycles. The van der Waals surface area contributed by atoms with Gasteiger partial charge in [0.1, 0.15) is 0 Å². The van der Waals surface area contributed by atoms with Gasteiger partial charge in [0.2, 0.25) is 11.6 Å². The Bertz CT molecular complexity index is 1010. The fraction of sp³-hybridized carbons (Fsp3) is 1.00. The van der Waals surface area contributed by atoms with Crippen LogP contribution in [0.3, 0.4) is 0 Å². The van der Waals surface area contributed by atoms with Crippen LogP contribution in [-0.4, -0.2) is 53.9 Å². The summed E-state index contributed by atoms with van der Waals surface area (Å²) in [6.07, 6.45) is 6.55. The third-order valence-electron chi connectivity index (χ3n) is 12.5. The van der Waals surface area contributed by atoms with Gasteiger partial charge in [-0.1, -0.05) is 20.8 Å². The Hall–Kier alpha value is -0.360. The van der Waals surface area contributed by atoms with Crippen molar-refractivity contribution < 1.29 is 43.2 Å². The topological polar surface area (TPSA) is 83.1 Å². The van der Waals surface area contributed by atoms with Gasteiger partial charge in [0.15, 0.2) is 30.1 Å². The molecule has 10 aliphatic rings. The van der Waals surface area contributed by atoms with E-state index in [-0.39, 0.29) is 17.8 Å². The maximum atomic E-state index is 6.81. The number of hydrogen-bond acceptors (Lipinski definition) is 9. The van der Waals surface area contributed by atoms with Crippen LogP contribution >= 0.6 is 0 Å². The average Bonchev–Trinajstić information content (AvgIpc) is 3.10. The van der Waals surface area contributed by atoms with E-state index < -0.39 is 47.2 Å². The lowest BCUT2D eigenvalue weighted by Crippen LogP contribution is -2.70. The van der Waals surface area contributed by atoms with E-state index in [1.807, 2.05) is 13.8 Å². The molecule has 0 radical (unpaired) electrons. The van der Waals surface area contributed by atoms with Crippen molar-refractivity contribution in [1.29, 1.82) is 0 Å². The largest absolute Gasteiger partial charge is 0.349 e. The van der Waals surface area contributed by atoms with Gasteiger partial charge in [-0.05, 0) is 83.0 Å². The van der Waals surface area contributed by atoms with Gasteiger partial charge in [0.25, 0.3) is 0 Å². The predicted molar refractivity (Wildman–Crippen MR) is 135 cm³/mol. The Labute approximate surface area is 231 Å². The predicted octanol–water partition coefficient (Wildman–Crippen LogP) is 5.22. The van der Waals surface area contributed by atoms with Crippen molar-refractivity contribution in [2.24, 2.45) is 41.4 Å². The molecule has 4 unspecified atom stereocenters. The fourth-order valence-electron chi connectivity index (χ4n) is 10.3. The molecule has 0 N–H and O–H groups in total. The minimum absolute atomic E-state index is 0.102. The van der Waals surface area contributed by atoms with Crippen LogP contribution in [0.2, 0.25) is 0 Å². The quantitative estimate of drug-likeness (QED) is 0.440. The highest BCUT2D eigenvalue weighted by molar-refractivity contribution is 5.15. The van der Waals surface area contributed by atoms with Crippen molar-refractivity contribution in [1.82, 2.24) is 0 Å². The second-order valence-corrected chi connectivity index (χ2v) is 14.9. The summed E-state index contributed by atoms with van der Waals surface area (Å²) in [6.45, 7) is 13.4. The second-order valence-electron chi connectivity index (χ2n) is 14.9. The van der Waals surface area contributed by atoms with Crippen molar-refractivity contribution in [2.75, 3.05) is 6.61 Å². The first-order valence-corrected chi connectivity index (χ1v) is 15.6. The molecule has 39 heavy (non-hydrogen) atoms. The van der Waals surface area contributed by atoms with E-state index >= 15 is 0 Å². The van der Waals surface area contributed by atoms with Crippen molar-refractivity contribution in [3.8, 4) is 0 Å². The lowest BCUT2D eigenvalue weighted by molar-refractivity contribution is -0.577. The zero-order valence-corrected chi connectivity index (χ0v) is 24.3. The Morgan fingerprint density at radius 3 is 1.97 bits per heavy atom. The molecular weight excluding hydrogens is 504 g/mol. The molecule has 9 nitrogen and oxygen atoms in total. The van der Waals surface area contributed by atoms with Crippen LogP contribution in [0.4, 0.5) is 0 Å². The molecule has 0 aromatic carbocycles. The zero-order valence-electron chi connectivity index (χ0n) is 24.3. The number of fused-ring (bicyclic) bond motifs is 4. The van der Waals surface area contributed by atoms with E-state index in [0.717, 1.165) is 44.9 Å². The number of rotatable bonds is 3. The lowest BCUT2D eigenvalue weighted by atomic mass is 9.58. The third-order valence-corrected chi connectivity index (χ3v) is 12.5. The first kappa shape index (κ1) is 26.3. The van der Waals surface area contributed by atoms with E-state index in [0.29, 0.717) is 30.3 Å². The molecule has 0 amide bonds. The van der Waals surface area contributed by atoms with E-state index in [2.05, 4.69) is 27.7 Å². The molecule has 10 rings (SSSR count). The number of hydrogen-bond donors (Lipinski definition) is 0. The van der Waals surface area contributed by atoms with E-state index in [4.69, 9.17) is 43.2 Å². The van der Waals surface area contributed by atoms with Gasteiger partial charge in [-0.3, -0.25) is 0 Å². The van der Waals surface area contributed by atoms with Gasteiger partial charge in [-0.2, -0.15) is 0 Å². The minimum Gasteiger partial charge on any atom is -0.349 e. The Morgan fingerprint density at radius 2 is 1.26 bits per heavy atom. The Kier molecular flexibility index (Phi) is 5.65. The lowest BCUT2D eigenvalue weighted by Gasteiger charge is -2.60. The Balaban J connectivity index is 1.06. The van der Waals surface area contributed by atoms with Crippen molar-refractivity contribution >= 4 is 0 Å². The highest BCUT2D eigenvalue weighted by Gasteiger charge is 2.74. The molecule has 0 aromatic heterocycles. The van der Waals surface area contributed by atoms with E-state index in [1.54, 1.807) is 0 Å². The van der Waals surface area contributed by atoms with Crippen molar-refractivity contribution in [2.45, 2.75) is 140 Å². The van der Waals surface area contributed by atoms with Gasteiger partial charge < -0.3 is 23.7 Å². The van der Waals surface area contributed by atoms with Gasteiger partial charge in [-0.25, -0.2) is 19.6 Å². The van der Waals surface area contributed by atoms with E-state index in [1.165, 1.54) is 6.42 Å². The normalized spacial score (nSPS) is 63.2. The van der Waals surface area contributed by atoms with Crippen molar-refractivity contribution in [3.63, 3.8) is 0 Å². The van der Waals surface area contributed by atoms with Crippen LogP contribution in [0.25, 0.3) is 0 Å². The fourth-order valence-corrected chi connectivity index (χ4v) is 10.3. The van der Waals surface area contributed by atoms with Gasteiger partial charge >= 0.3 is 0 Å². The molecule has 10 fully saturated rings. The molecule has 8 heterocycles. The van der Waals surface area contributed by atoms with Crippen molar-refractivity contribution in [3.05, 3.63) is 0 Å². The molecule has 15 atom stereocenters. The standard InChI is InChI=1S/C30H46O9/c1-16-7-9-21-18(3)23(32-24-29(21)19(16)11-13-27(5,34-24)36-38-29)31-15-26(4)22-10-8-17(2)20-12-14-28(6)35-25(33-26)30(20,22)39-37-28/h16-25H,7-15H2,1-6H3/t16-,17+,18-,19?,20?,21+,22?,23-,24-,25?,26+,27+,28-,29-,30+/m1/s1. The summed E-state index contributed by atoms with van der Waals surface area (Å²) in [5.74, 6) is 0.582. The highest BCUT2D eigenvalue weighted by atomic mass is 17.3. The highest BCUT2D eigenvalue weighted by Crippen LogP contribution is 2.64. The van der Waals surface area contributed by atoms with Gasteiger partial charge in [-0.15, -0.1) is 0 Å². The van der Waals surface area contributed by atoms with Crippen LogP contribution in [0.1, 0.15) is 92.9 Å². The molecule has 2 aliphatic carbocycles. The van der Waals surface area contributed by atoms with Crippen LogP contribution in [-0.2, 0) is 43.2 Å². The summed E-state index contributed by atoms with van der Waals surface area (Å²) in [4.78, 5) is 24.6. The monoisotopic (exact) mass is 550 g/mol. The smallest absolute Gasteiger partial charge is 0.201 e. The van der Waals surface area contributed by atoms with Gasteiger partial charge in [0, 0.05) is 30.6 Å². The summed E-state index contributed by atoms with van der Waals surface area (Å²) in [5, 5.41) is 0. The second kappa shape index (κ2) is 8.38. The molecule has 2 spiro atoms. The maximum Gasteiger partial charge on any atom is 0.201 e. The SMILES string of the molecule is C[C@H]1[C@H](OC[C@]2(C)OC3O[C@@]4(C)CCC5[C@@H](C)CCC2[C@]35OO4)O[C@@H]2O[C@]3(C)CCC4[C@H](C)CC[C@@H]1[C@]42OO3. The zero-order chi connectivity index (χ0) is 27.0. The average molecular weight is 551 g/mol. The van der Waals surface area contributed by atoms with Gasteiger partial charge in [0.05, 0.1) is 12.2 Å². The Morgan fingerprint density at radius 1 is 0.641 bits per heavy atom. The molecular formula is C30H46O9. The van der Waals surface area contributed by atoms with Crippen LogP contribution in [0.5, 0.6) is 0 Å². The van der Waals surface area contributed by atoms with E-state index in [9.17, 15) is 0 Å². The molecule has 2 saturated carbocycles. The number of ether oxygens (including phenoxy) is 5. The van der Waals surface area contributed by atoms with Crippen LogP contribution in [0.15, 0.2) is 0 Å². The molecule has 8 saturated heterocycles. The third kappa shape index (κ3) is 3.40. The maximum absolute atomic E-state index is 6.81. The summed E-state index contributed by atoms with van der Waals surface area (Å²) in [6, 6.07) is 0. The molecule has 0 aromatic rings. The summed E-state index contributed by atoms with van der Waals surface area (Å²) >= 11 is 0. The van der Waals surface area contributed by atoms with Crippen LogP contribution in [0, 0.1) is 41.4 Å². The first-order valence-electron chi connectivity index (χ1n) is 15.6. The summed E-state index contributed by atoms with van der Waals surface area (Å²) in [7, 11) is 0. The minimum atomic E-state index is -0.797. The first-order chi connectivity index (χ1) is 18.5. The molecule has 4 bridgehead atoms. The van der Waals surface area contributed by atoms with Crippen LogP contribution < -0.4 is 0 Å². The molecule has 9 heteroatoms. The summed E-state index contributed by atoms with van der Waals surface area (Å²) in [5.41, 5.74) is -1.79. The molecule has 220 valence electrons. The summed E-state index contributed by atoms with van der Waals surface area (Å²) < 4.78 is 33.3.